The zero-order valence-corrected chi connectivity index (χ0v) is 14.8. The highest BCUT2D eigenvalue weighted by Gasteiger charge is 2.49. The molecule has 2 aromatic rings. The molecule has 1 aliphatic heterocycles. The smallest absolute Gasteiger partial charge is 0.273 e. The van der Waals surface area contributed by atoms with Crippen LogP contribution in [0.2, 0.25) is 0 Å². The summed E-state index contributed by atoms with van der Waals surface area (Å²) in [7, 11) is 3.12. The Hall–Kier alpha value is -2.47. The van der Waals surface area contributed by atoms with E-state index < -0.39 is 5.54 Å². The van der Waals surface area contributed by atoms with Gasteiger partial charge >= 0.3 is 0 Å². The fourth-order valence-electron chi connectivity index (χ4n) is 3.60. The summed E-state index contributed by atoms with van der Waals surface area (Å²) in [5.74, 6) is -0.433. The number of likely N-dealkylation sites (N-methyl/N-ethyl adjacent to an activating group) is 1. The van der Waals surface area contributed by atoms with E-state index in [1.807, 2.05) is 31.2 Å². The van der Waals surface area contributed by atoms with Gasteiger partial charge in [-0.2, -0.15) is 0 Å². The minimum atomic E-state index is -0.968. The maximum absolute atomic E-state index is 13.1. The molecule has 1 aromatic heterocycles. The Balaban J connectivity index is 1.98. The summed E-state index contributed by atoms with van der Waals surface area (Å²) in [4.78, 5) is 31.7. The van der Waals surface area contributed by atoms with Crippen molar-refractivity contribution in [2.45, 2.75) is 25.3 Å². The highest BCUT2D eigenvalue weighted by Crippen LogP contribution is 2.31. The van der Waals surface area contributed by atoms with Gasteiger partial charge in [0.05, 0.1) is 12.1 Å². The van der Waals surface area contributed by atoms with E-state index in [9.17, 15) is 9.59 Å². The lowest BCUT2D eigenvalue weighted by Crippen LogP contribution is -2.59. The molecule has 6 nitrogen and oxygen atoms in total. The summed E-state index contributed by atoms with van der Waals surface area (Å²) in [6.45, 7) is 2.71. The number of carbonyl (C=O) groups is 2. The molecule has 2 amide bonds. The Bertz CT molecular complexity index is 821. The number of pyridine rings is 1. The van der Waals surface area contributed by atoms with Crippen molar-refractivity contribution in [3.63, 3.8) is 0 Å². The van der Waals surface area contributed by atoms with Crippen LogP contribution in [-0.2, 0) is 9.53 Å². The molecular formula is C19H23N3O3. The first kappa shape index (κ1) is 17.4. The molecule has 25 heavy (non-hydrogen) atoms. The number of nitrogens with one attached hydrogen (secondary N) is 1. The molecule has 0 bridgehead atoms. The van der Waals surface area contributed by atoms with Gasteiger partial charge in [0.1, 0.15) is 11.2 Å². The fraction of sp³-hybridized carbons (Fsp3) is 0.421. The molecule has 1 aliphatic rings. The van der Waals surface area contributed by atoms with E-state index in [0.717, 1.165) is 22.9 Å². The second-order valence-electron chi connectivity index (χ2n) is 6.50. The van der Waals surface area contributed by atoms with Crippen molar-refractivity contribution in [3.05, 3.63) is 41.6 Å². The molecule has 2 heterocycles. The summed E-state index contributed by atoms with van der Waals surface area (Å²) in [6, 6.07) is 9.54. The van der Waals surface area contributed by atoms with E-state index >= 15 is 0 Å². The number of carbonyl (C=O) groups excluding carboxylic acids is 2. The van der Waals surface area contributed by atoms with Gasteiger partial charge in [0.25, 0.3) is 5.91 Å². The quantitative estimate of drug-likeness (QED) is 0.922. The van der Waals surface area contributed by atoms with Crippen molar-refractivity contribution in [1.29, 1.82) is 0 Å². The number of fused-ring (bicyclic) bond motifs is 1. The largest absolute Gasteiger partial charge is 0.382 e. The monoisotopic (exact) mass is 341 g/mol. The minimum absolute atomic E-state index is 0.172. The number of amides is 2. The predicted octanol–water partition coefficient (Wildman–Crippen LogP) is 1.91. The number of likely N-dealkylation sites (tertiary alicyclic amines) is 1. The number of aryl methyl sites for hydroxylation is 1. The van der Waals surface area contributed by atoms with Gasteiger partial charge in [-0.3, -0.25) is 9.59 Å². The molecule has 0 spiro atoms. The topological polar surface area (TPSA) is 71.5 Å². The van der Waals surface area contributed by atoms with Crippen LogP contribution in [0.3, 0.4) is 0 Å². The first-order valence-electron chi connectivity index (χ1n) is 8.42. The predicted molar refractivity (Wildman–Crippen MR) is 95.4 cm³/mol. The summed E-state index contributed by atoms with van der Waals surface area (Å²) in [6.07, 6.45) is 1.34. The maximum atomic E-state index is 13.1. The van der Waals surface area contributed by atoms with Gasteiger partial charge in [0.15, 0.2) is 0 Å². The second kappa shape index (κ2) is 6.80. The van der Waals surface area contributed by atoms with E-state index in [1.54, 1.807) is 25.1 Å². The van der Waals surface area contributed by atoms with Crippen LogP contribution in [0, 0.1) is 6.92 Å². The number of methoxy groups -OCH3 is 1. The normalized spacial score (nSPS) is 20.0. The van der Waals surface area contributed by atoms with Crippen molar-refractivity contribution in [2.24, 2.45) is 0 Å². The fourth-order valence-corrected chi connectivity index (χ4v) is 3.60. The molecule has 0 saturated carbocycles. The van der Waals surface area contributed by atoms with Crippen LogP contribution in [0.25, 0.3) is 10.9 Å². The molecule has 0 radical (unpaired) electrons. The van der Waals surface area contributed by atoms with Crippen LogP contribution in [0.1, 0.15) is 28.9 Å². The third-order valence-electron chi connectivity index (χ3n) is 4.83. The number of benzene rings is 1. The van der Waals surface area contributed by atoms with Gasteiger partial charge in [0, 0.05) is 26.1 Å². The lowest BCUT2D eigenvalue weighted by molar-refractivity contribution is -0.133. The Labute approximate surface area is 147 Å². The molecule has 0 aliphatic carbocycles. The standard InChI is InChI=1S/C19H23N3O3/c1-13-5-7-15-14(11-13)6-8-16(21-15)17(23)22-10-4-9-19(22,12-25-3)18(24)20-2/h5-8,11H,4,9-10,12H2,1-3H3,(H,20,24). The van der Waals surface area contributed by atoms with Gasteiger partial charge in [0.2, 0.25) is 5.91 Å². The zero-order chi connectivity index (χ0) is 18.0. The number of hydrogen-bond acceptors (Lipinski definition) is 4. The number of ether oxygens (including phenoxy) is 1. The molecule has 1 N–H and O–H groups in total. The number of hydrogen-bond donors (Lipinski definition) is 1. The average Bonchev–Trinajstić information content (AvgIpc) is 3.05. The summed E-state index contributed by atoms with van der Waals surface area (Å²) < 4.78 is 5.28. The third-order valence-corrected chi connectivity index (χ3v) is 4.83. The van der Waals surface area contributed by atoms with Crippen molar-refractivity contribution >= 4 is 22.7 Å². The Morgan fingerprint density at radius 3 is 2.84 bits per heavy atom. The summed E-state index contributed by atoms with van der Waals surface area (Å²) >= 11 is 0. The molecule has 132 valence electrons. The first-order chi connectivity index (χ1) is 12.0. The van der Waals surface area contributed by atoms with Crippen LogP contribution < -0.4 is 5.32 Å². The molecule has 1 saturated heterocycles. The third kappa shape index (κ3) is 2.98. The van der Waals surface area contributed by atoms with Crippen molar-refractivity contribution in [2.75, 3.05) is 27.3 Å². The highest BCUT2D eigenvalue weighted by molar-refractivity contribution is 6.00. The molecular weight excluding hydrogens is 318 g/mol. The zero-order valence-electron chi connectivity index (χ0n) is 14.8. The van der Waals surface area contributed by atoms with E-state index in [-0.39, 0.29) is 18.4 Å². The van der Waals surface area contributed by atoms with Gasteiger partial charge in [-0.15, -0.1) is 0 Å². The van der Waals surface area contributed by atoms with E-state index in [0.29, 0.717) is 18.7 Å². The Morgan fingerprint density at radius 2 is 2.12 bits per heavy atom. The van der Waals surface area contributed by atoms with Gasteiger partial charge in [-0.25, -0.2) is 4.98 Å². The molecule has 1 fully saturated rings. The van der Waals surface area contributed by atoms with Crippen LogP contribution in [0.5, 0.6) is 0 Å². The lowest BCUT2D eigenvalue weighted by Gasteiger charge is -2.36. The molecule has 1 atom stereocenters. The molecule has 1 aromatic carbocycles. The number of aromatic nitrogens is 1. The summed E-state index contributed by atoms with van der Waals surface area (Å²) in [5.41, 5.74) is 1.30. The van der Waals surface area contributed by atoms with Crippen LogP contribution in [0.15, 0.2) is 30.3 Å². The van der Waals surface area contributed by atoms with Crippen molar-refractivity contribution < 1.29 is 14.3 Å². The van der Waals surface area contributed by atoms with E-state index in [4.69, 9.17) is 4.74 Å². The maximum Gasteiger partial charge on any atom is 0.273 e. The molecule has 1 unspecified atom stereocenters. The number of nitrogens with zero attached hydrogens (tertiary/aromatic N) is 2. The highest BCUT2D eigenvalue weighted by atomic mass is 16.5. The lowest BCUT2D eigenvalue weighted by atomic mass is 9.95. The minimum Gasteiger partial charge on any atom is -0.382 e. The molecule has 3 rings (SSSR count). The van der Waals surface area contributed by atoms with Crippen LogP contribution in [0.4, 0.5) is 0 Å². The van der Waals surface area contributed by atoms with Crippen LogP contribution >= 0.6 is 0 Å². The second-order valence-corrected chi connectivity index (χ2v) is 6.50. The number of rotatable bonds is 4. The van der Waals surface area contributed by atoms with Crippen LogP contribution in [-0.4, -0.2) is 54.5 Å². The van der Waals surface area contributed by atoms with Crippen molar-refractivity contribution in [3.8, 4) is 0 Å². The van der Waals surface area contributed by atoms with E-state index in [1.165, 1.54) is 0 Å². The summed E-state index contributed by atoms with van der Waals surface area (Å²) in [5, 5.41) is 3.66. The van der Waals surface area contributed by atoms with E-state index in [2.05, 4.69) is 10.3 Å². The Morgan fingerprint density at radius 1 is 1.32 bits per heavy atom. The van der Waals surface area contributed by atoms with Gasteiger partial charge < -0.3 is 15.0 Å². The first-order valence-corrected chi connectivity index (χ1v) is 8.42. The SMILES string of the molecule is CNC(=O)C1(COC)CCCN1C(=O)c1ccc2cc(C)ccc2n1. The van der Waals surface area contributed by atoms with Crippen molar-refractivity contribution in [1.82, 2.24) is 15.2 Å². The van der Waals surface area contributed by atoms with Gasteiger partial charge in [-0.1, -0.05) is 17.7 Å². The Kier molecular flexibility index (Phi) is 4.72. The average molecular weight is 341 g/mol. The molecule has 6 heteroatoms. The van der Waals surface area contributed by atoms with Gasteiger partial charge in [-0.05, 0) is 38.0 Å².